The quantitative estimate of drug-likeness (QED) is 0.773. The van der Waals surface area contributed by atoms with E-state index in [1.807, 2.05) is 25.1 Å². The Kier molecular flexibility index (Phi) is 4.85. The Morgan fingerprint density at radius 2 is 1.89 bits per heavy atom. The topological polar surface area (TPSA) is 25.2 Å². The van der Waals surface area contributed by atoms with E-state index < -0.39 is 5.76 Å². The van der Waals surface area contributed by atoms with E-state index in [9.17, 15) is 8.78 Å². The second kappa shape index (κ2) is 6.61. The van der Waals surface area contributed by atoms with Crippen LogP contribution in [-0.4, -0.2) is 5.76 Å². The van der Waals surface area contributed by atoms with Gasteiger partial charge in [-0.15, -0.1) is 0 Å². The van der Waals surface area contributed by atoms with Gasteiger partial charge in [0.15, 0.2) is 0 Å². The number of anilines is 1. The summed E-state index contributed by atoms with van der Waals surface area (Å²) < 4.78 is 30.4. The van der Waals surface area contributed by atoms with Crippen molar-refractivity contribution in [1.29, 1.82) is 0 Å². The third-order valence-electron chi connectivity index (χ3n) is 2.62. The van der Waals surface area contributed by atoms with Gasteiger partial charge in [0.1, 0.15) is 11.5 Å². The van der Waals surface area contributed by atoms with Crippen molar-refractivity contribution in [3.8, 4) is 0 Å². The van der Waals surface area contributed by atoms with Gasteiger partial charge in [0, 0.05) is 17.0 Å². The monoisotopic (exact) mass is 283 g/mol. The molecule has 0 aliphatic heterocycles. The molecule has 0 spiro atoms. The van der Waals surface area contributed by atoms with Crippen LogP contribution in [0.5, 0.6) is 0 Å². The Morgan fingerprint density at radius 3 is 2.58 bits per heavy atom. The highest BCUT2D eigenvalue weighted by Crippen LogP contribution is 2.31. The van der Waals surface area contributed by atoms with Gasteiger partial charge in [-0.2, -0.15) is 8.78 Å². The molecule has 19 heavy (non-hydrogen) atoms. The summed E-state index contributed by atoms with van der Waals surface area (Å²) in [5.74, 6) is -0.695. The van der Waals surface area contributed by atoms with Crippen molar-refractivity contribution in [3.63, 3.8) is 0 Å². The molecule has 1 aromatic carbocycles. The Morgan fingerprint density at radius 1 is 1.16 bits per heavy atom. The van der Waals surface area contributed by atoms with Crippen LogP contribution in [0.1, 0.15) is 18.4 Å². The normalized spacial score (nSPS) is 10.9. The number of hydrogen-bond acceptors (Lipinski definition) is 3. The number of para-hydroxylation sites is 1. The third kappa shape index (κ3) is 3.99. The van der Waals surface area contributed by atoms with E-state index in [4.69, 9.17) is 4.42 Å². The zero-order valence-electron chi connectivity index (χ0n) is 10.5. The number of hydrogen-bond donors (Lipinski definition) is 1. The van der Waals surface area contributed by atoms with E-state index in [2.05, 4.69) is 5.32 Å². The molecule has 0 saturated heterocycles. The molecular weight excluding hydrogens is 268 g/mol. The molecule has 0 fully saturated rings. The van der Waals surface area contributed by atoms with Crippen LogP contribution in [0.25, 0.3) is 0 Å². The van der Waals surface area contributed by atoms with Crippen LogP contribution in [-0.2, 0) is 13.0 Å². The molecule has 0 radical (unpaired) electrons. The lowest BCUT2D eigenvalue weighted by atomic mass is 10.3. The second-order valence-electron chi connectivity index (χ2n) is 3.95. The number of rotatable bonds is 6. The van der Waals surface area contributed by atoms with Crippen molar-refractivity contribution < 1.29 is 13.2 Å². The maximum absolute atomic E-state index is 12.4. The van der Waals surface area contributed by atoms with Gasteiger partial charge in [-0.3, -0.25) is 0 Å². The molecule has 0 atom stereocenters. The highest BCUT2D eigenvalue weighted by atomic mass is 32.2. The number of thioether (sulfide) groups is 1. The minimum Gasteiger partial charge on any atom is -0.464 e. The van der Waals surface area contributed by atoms with Gasteiger partial charge >= 0.3 is 0 Å². The SMILES string of the molecule is CCc1ccc(CNc2ccccc2SC(F)F)o1. The van der Waals surface area contributed by atoms with Gasteiger partial charge < -0.3 is 9.73 Å². The van der Waals surface area contributed by atoms with Crippen molar-refractivity contribution in [3.05, 3.63) is 47.9 Å². The standard InChI is InChI=1S/C14H15F2NOS/c1-2-10-7-8-11(18-10)9-17-12-5-3-4-6-13(12)19-14(15)16/h3-8,14,17H,2,9H2,1H3. The lowest BCUT2D eigenvalue weighted by molar-refractivity contribution is 0.252. The average Bonchev–Trinajstić information content (AvgIpc) is 2.85. The van der Waals surface area contributed by atoms with E-state index in [1.165, 1.54) is 0 Å². The minimum absolute atomic E-state index is 0.487. The molecule has 2 nitrogen and oxygen atoms in total. The summed E-state index contributed by atoms with van der Waals surface area (Å²) in [6.45, 7) is 2.51. The molecule has 0 bridgehead atoms. The predicted octanol–water partition coefficient (Wildman–Crippen LogP) is 4.77. The molecule has 2 rings (SSSR count). The van der Waals surface area contributed by atoms with E-state index in [0.717, 1.165) is 17.9 Å². The molecule has 0 amide bonds. The summed E-state index contributed by atoms with van der Waals surface area (Å²) >= 11 is 0.543. The number of aryl methyl sites for hydroxylation is 1. The molecule has 0 aliphatic rings. The third-order valence-corrected chi connectivity index (χ3v) is 3.41. The van der Waals surface area contributed by atoms with E-state index >= 15 is 0 Å². The Labute approximate surface area is 115 Å². The van der Waals surface area contributed by atoms with Crippen LogP contribution in [0.4, 0.5) is 14.5 Å². The molecule has 1 N–H and O–H groups in total. The minimum atomic E-state index is -2.42. The first kappa shape index (κ1) is 13.9. The van der Waals surface area contributed by atoms with Crippen molar-refractivity contribution in [1.82, 2.24) is 0 Å². The van der Waals surface area contributed by atoms with Gasteiger partial charge in [0.2, 0.25) is 0 Å². The Hall–Kier alpha value is -1.49. The number of benzene rings is 1. The van der Waals surface area contributed by atoms with Crippen LogP contribution in [0.2, 0.25) is 0 Å². The molecule has 1 heterocycles. The van der Waals surface area contributed by atoms with Crippen molar-refractivity contribution >= 4 is 17.4 Å². The highest BCUT2D eigenvalue weighted by molar-refractivity contribution is 7.99. The lowest BCUT2D eigenvalue weighted by Crippen LogP contribution is -2.00. The van der Waals surface area contributed by atoms with Crippen molar-refractivity contribution in [2.45, 2.75) is 30.5 Å². The first-order valence-corrected chi connectivity index (χ1v) is 6.92. The number of nitrogens with one attached hydrogen (secondary N) is 1. The smallest absolute Gasteiger partial charge is 0.288 e. The van der Waals surface area contributed by atoms with Gasteiger partial charge in [0.25, 0.3) is 5.76 Å². The molecule has 102 valence electrons. The fraction of sp³-hybridized carbons (Fsp3) is 0.286. The van der Waals surface area contributed by atoms with Gasteiger partial charge in [-0.25, -0.2) is 0 Å². The molecule has 1 aromatic heterocycles. The fourth-order valence-corrected chi connectivity index (χ4v) is 2.32. The zero-order chi connectivity index (χ0) is 13.7. The Balaban J connectivity index is 2.02. The Bertz CT molecular complexity index is 528. The summed E-state index contributed by atoms with van der Waals surface area (Å²) in [5, 5.41) is 3.12. The summed E-state index contributed by atoms with van der Waals surface area (Å²) in [4.78, 5) is 0.541. The fourth-order valence-electron chi connectivity index (χ4n) is 1.70. The number of alkyl halides is 2. The van der Waals surface area contributed by atoms with Crippen LogP contribution < -0.4 is 5.32 Å². The number of halogens is 2. The van der Waals surface area contributed by atoms with Crippen LogP contribution >= 0.6 is 11.8 Å². The van der Waals surface area contributed by atoms with Gasteiger partial charge in [0.05, 0.1) is 6.54 Å². The highest BCUT2D eigenvalue weighted by Gasteiger charge is 2.09. The lowest BCUT2D eigenvalue weighted by Gasteiger charge is -2.10. The second-order valence-corrected chi connectivity index (χ2v) is 4.98. The van der Waals surface area contributed by atoms with E-state index in [-0.39, 0.29) is 0 Å². The van der Waals surface area contributed by atoms with Gasteiger partial charge in [-0.05, 0) is 24.3 Å². The summed E-state index contributed by atoms with van der Waals surface area (Å²) in [6, 6.07) is 10.9. The van der Waals surface area contributed by atoms with Crippen LogP contribution in [0, 0.1) is 0 Å². The predicted molar refractivity (Wildman–Crippen MR) is 73.7 cm³/mol. The molecule has 2 aromatic rings. The zero-order valence-corrected chi connectivity index (χ0v) is 11.3. The number of furan rings is 1. The van der Waals surface area contributed by atoms with Crippen LogP contribution in [0.15, 0.2) is 45.7 Å². The average molecular weight is 283 g/mol. The van der Waals surface area contributed by atoms with Gasteiger partial charge in [-0.1, -0.05) is 30.8 Å². The molecule has 0 saturated carbocycles. The van der Waals surface area contributed by atoms with Crippen LogP contribution in [0.3, 0.4) is 0 Å². The largest absolute Gasteiger partial charge is 0.464 e. The molecule has 5 heteroatoms. The summed E-state index contributed by atoms with van der Waals surface area (Å²) in [7, 11) is 0. The molecule has 0 unspecified atom stereocenters. The first-order valence-electron chi connectivity index (χ1n) is 6.04. The summed E-state index contributed by atoms with van der Waals surface area (Å²) in [6.07, 6.45) is 0.845. The summed E-state index contributed by atoms with van der Waals surface area (Å²) in [5.41, 5.74) is 0.697. The molecule has 0 aliphatic carbocycles. The van der Waals surface area contributed by atoms with E-state index in [0.29, 0.717) is 28.9 Å². The van der Waals surface area contributed by atoms with Crippen molar-refractivity contribution in [2.24, 2.45) is 0 Å². The molecular formula is C14H15F2NOS. The first-order chi connectivity index (χ1) is 9.19. The van der Waals surface area contributed by atoms with E-state index in [1.54, 1.807) is 18.2 Å². The maximum atomic E-state index is 12.4. The van der Waals surface area contributed by atoms with Crippen molar-refractivity contribution in [2.75, 3.05) is 5.32 Å². The maximum Gasteiger partial charge on any atom is 0.288 e.